The number of rotatable bonds is 5. The smallest absolute Gasteiger partial charge is 0.159 e. The van der Waals surface area contributed by atoms with Crippen LogP contribution in [0.2, 0.25) is 0 Å². The molecule has 0 radical (unpaired) electrons. The molecule has 0 unspecified atom stereocenters. The fourth-order valence-corrected chi connectivity index (χ4v) is 0.705. The van der Waals surface area contributed by atoms with E-state index in [9.17, 15) is 9.90 Å². The molecule has 0 amide bonds. The quantitative estimate of drug-likeness (QED) is 0.417. The molecule has 0 fully saturated rings. The second-order valence-electron chi connectivity index (χ2n) is 2.79. The molecule has 3 heteroatoms. The van der Waals surface area contributed by atoms with Crippen LogP contribution in [-0.2, 0) is 9.53 Å². The van der Waals surface area contributed by atoms with E-state index >= 15 is 0 Å². The molecule has 0 aromatic heterocycles. The largest absolute Gasteiger partial charge is 0.504 e. The normalized spacial score (nSPS) is 12.5. The molecular weight excluding hydrogens is 180 g/mol. The number of ether oxygens (including phenoxy) is 1. The minimum Gasteiger partial charge on any atom is -0.504 e. The first-order chi connectivity index (χ1) is 6.49. The van der Waals surface area contributed by atoms with Crippen molar-refractivity contribution in [3.63, 3.8) is 0 Å². The van der Waals surface area contributed by atoms with Crippen LogP contribution in [-0.4, -0.2) is 17.5 Å². The molecule has 0 spiro atoms. The highest BCUT2D eigenvalue weighted by Gasteiger charge is 1.98. The van der Waals surface area contributed by atoms with Crippen molar-refractivity contribution < 1.29 is 14.6 Å². The van der Waals surface area contributed by atoms with Gasteiger partial charge in [-0.05, 0) is 32.9 Å². The van der Waals surface area contributed by atoms with Crippen LogP contribution in [0.5, 0.6) is 0 Å². The second kappa shape index (κ2) is 6.02. The Morgan fingerprint density at radius 1 is 1.43 bits per heavy atom. The minimum atomic E-state index is -0.122. The molecule has 0 atom stereocenters. The van der Waals surface area contributed by atoms with Gasteiger partial charge in [0.1, 0.15) is 5.76 Å². The number of aliphatic hydroxyl groups excluding tert-OH is 1. The molecule has 0 aromatic carbocycles. The highest BCUT2D eigenvalue weighted by atomic mass is 16.5. The van der Waals surface area contributed by atoms with Gasteiger partial charge in [-0.25, -0.2) is 0 Å². The summed E-state index contributed by atoms with van der Waals surface area (Å²) < 4.78 is 5.06. The monoisotopic (exact) mass is 196 g/mol. The average Bonchev–Trinajstić information content (AvgIpc) is 2.13. The summed E-state index contributed by atoms with van der Waals surface area (Å²) in [4.78, 5) is 10.8. The molecule has 3 nitrogen and oxygen atoms in total. The van der Waals surface area contributed by atoms with E-state index in [1.807, 2.05) is 6.92 Å². The Labute approximate surface area is 84.4 Å². The Bertz CT molecular complexity index is 285. The molecule has 0 rings (SSSR count). The number of allylic oxidation sites excluding steroid dienone is 4. The van der Waals surface area contributed by atoms with Crippen LogP contribution in [0.1, 0.15) is 20.8 Å². The lowest BCUT2D eigenvalue weighted by Crippen LogP contribution is -1.93. The van der Waals surface area contributed by atoms with Gasteiger partial charge in [-0.1, -0.05) is 6.58 Å². The first kappa shape index (κ1) is 12.5. The third kappa shape index (κ3) is 4.50. The fourth-order valence-electron chi connectivity index (χ4n) is 0.705. The summed E-state index contributed by atoms with van der Waals surface area (Å²) in [5, 5.41) is 9.39. The third-order valence-corrected chi connectivity index (χ3v) is 1.62. The van der Waals surface area contributed by atoms with Gasteiger partial charge in [-0.2, -0.15) is 0 Å². The number of carbonyl (C=O) groups is 1. The zero-order valence-corrected chi connectivity index (χ0v) is 8.83. The van der Waals surface area contributed by atoms with Gasteiger partial charge >= 0.3 is 0 Å². The van der Waals surface area contributed by atoms with Crippen molar-refractivity contribution in [3.8, 4) is 0 Å². The van der Waals surface area contributed by atoms with Crippen molar-refractivity contribution in [2.75, 3.05) is 6.61 Å². The average molecular weight is 196 g/mol. The number of hydrogen-bond acceptors (Lipinski definition) is 3. The van der Waals surface area contributed by atoms with Crippen LogP contribution in [0.4, 0.5) is 0 Å². The van der Waals surface area contributed by atoms with Gasteiger partial charge in [-0.15, -0.1) is 0 Å². The fraction of sp³-hybridized carbons (Fsp3) is 0.364. The molecule has 14 heavy (non-hydrogen) atoms. The lowest BCUT2D eigenvalue weighted by Gasteiger charge is -2.03. The number of carbonyl (C=O) groups excluding carboxylic acids is 1. The van der Waals surface area contributed by atoms with Crippen LogP contribution < -0.4 is 0 Å². The van der Waals surface area contributed by atoms with Crippen molar-refractivity contribution in [2.45, 2.75) is 20.8 Å². The van der Waals surface area contributed by atoms with Crippen molar-refractivity contribution in [3.05, 3.63) is 35.8 Å². The van der Waals surface area contributed by atoms with E-state index in [1.54, 1.807) is 6.92 Å². The van der Waals surface area contributed by atoms with Gasteiger partial charge in [0.2, 0.25) is 0 Å². The SMILES string of the molecule is C=C(/C=C\C(O)=C(/C)OCC)C(C)=O. The van der Waals surface area contributed by atoms with Crippen LogP contribution in [0.15, 0.2) is 35.8 Å². The van der Waals surface area contributed by atoms with E-state index < -0.39 is 0 Å². The molecule has 0 aromatic rings. The van der Waals surface area contributed by atoms with Crippen molar-refractivity contribution in [1.29, 1.82) is 0 Å². The van der Waals surface area contributed by atoms with E-state index in [-0.39, 0.29) is 11.5 Å². The Kier molecular flexibility index (Phi) is 5.37. The first-order valence-electron chi connectivity index (χ1n) is 4.39. The zero-order chi connectivity index (χ0) is 11.1. The molecule has 0 bridgehead atoms. The molecule has 0 saturated heterocycles. The summed E-state index contributed by atoms with van der Waals surface area (Å²) >= 11 is 0. The Morgan fingerprint density at radius 3 is 2.43 bits per heavy atom. The van der Waals surface area contributed by atoms with Gasteiger partial charge in [0, 0.05) is 5.57 Å². The maximum atomic E-state index is 10.8. The molecule has 0 aliphatic carbocycles. The highest BCUT2D eigenvalue weighted by molar-refractivity contribution is 5.95. The number of ketones is 1. The van der Waals surface area contributed by atoms with E-state index in [0.717, 1.165) is 0 Å². The second-order valence-corrected chi connectivity index (χ2v) is 2.79. The first-order valence-corrected chi connectivity index (χ1v) is 4.39. The van der Waals surface area contributed by atoms with Gasteiger partial charge in [0.25, 0.3) is 0 Å². The van der Waals surface area contributed by atoms with Gasteiger partial charge in [0.15, 0.2) is 11.5 Å². The zero-order valence-electron chi connectivity index (χ0n) is 8.83. The van der Waals surface area contributed by atoms with Crippen molar-refractivity contribution >= 4 is 5.78 Å². The molecule has 1 N–H and O–H groups in total. The molecule has 0 heterocycles. The Morgan fingerprint density at radius 2 is 2.00 bits per heavy atom. The van der Waals surface area contributed by atoms with Crippen LogP contribution in [0.25, 0.3) is 0 Å². The molecule has 78 valence electrons. The van der Waals surface area contributed by atoms with E-state index in [2.05, 4.69) is 6.58 Å². The van der Waals surface area contributed by atoms with Crippen molar-refractivity contribution in [1.82, 2.24) is 0 Å². The summed E-state index contributed by atoms with van der Waals surface area (Å²) in [6.45, 7) is 8.92. The molecule has 0 aliphatic rings. The topological polar surface area (TPSA) is 46.5 Å². The predicted molar refractivity (Wildman–Crippen MR) is 55.9 cm³/mol. The summed E-state index contributed by atoms with van der Waals surface area (Å²) in [7, 11) is 0. The van der Waals surface area contributed by atoms with E-state index in [0.29, 0.717) is 17.9 Å². The van der Waals surface area contributed by atoms with Gasteiger partial charge in [0.05, 0.1) is 6.61 Å². The minimum absolute atomic E-state index is 0.00856. The molecule has 0 aliphatic heterocycles. The van der Waals surface area contributed by atoms with Crippen LogP contribution in [0, 0.1) is 0 Å². The maximum Gasteiger partial charge on any atom is 0.159 e. The van der Waals surface area contributed by atoms with E-state index in [4.69, 9.17) is 4.74 Å². The number of aliphatic hydroxyl groups is 1. The Balaban J connectivity index is 4.44. The summed E-state index contributed by atoms with van der Waals surface area (Å²) in [5.74, 6) is 0.317. The lowest BCUT2D eigenvalue weighted by molar-refractivity contribution is -0.113. The Hall–Kier alpha value is -1.51. The van der Waals surface area contributed by atoms with Crippen LogP contribution in [0.3, 0.4) is 0 Å². The molecular formula is C11H16O3. The number of hydrogen-bond donors (Lipinski definition) is 1. The van der Waals surface area contributed by atoms with Gasteiger partial charge in [-0.3, -0.25) is 4.79 Å². The summed E-state index contributed by atoms with van der Waals surface area (Å²) in [6.07, 6.45) is 2.86. The van der Waals surface area contributed by atoms with Crippen LogP contribution >= 0.6 is 0 Å². The standard InChI is InChI=1S/C11H16O3/c1-5-14-10(4)11(13)7-6-8(2)9(3)12/h6-7,13H,2,5H2,1,3-4H3/b7-6-,11-10-. The lowest BCUT2D eigenvalue weighted by atomic mass is 10.2. The highest BCUT2D eigenvalue weighted by Crippen LogP contribution is 2.05. The maximum absolute atomic E-state index is 10.8. The molecule has 0 saturated carbocycles. The summed E-state index contributed by atoms with van der Waals surface area (Å²) in [5.41, 5.74) is 0.348. The van der Waals surface area contributed by atoms with E-state index in [1.165, 1.54) is 19.1 Å². The number of Topliss-reactive ketones (excluding diaryl/α,β-unsaturated/α-hetero) is 1. The van der Waals surface area contributed by atoms with Crippen molar-refractivity contribution in [2.24, 2.45) is 0 Å². The predicted octanol–water partition coefficient (Wildman–Crippen LogP) is 2.51. The third-order valence-electron chi connectivity index (χ3n) is 1.62. The van der Waals surface area contributed by atoms with Gasteiger partial charge < -0.3 is 9.84 Å². The summed E-state index contributed by atoms with van der Waals surface area (Å²) in [6, 6.07) is 0.